The van der Waals surface area contributed by atoms with E-state index in [2.05, 4.69) is 10.6 Å². The lowest BCUT2D eigenvalue weighted by Gasteiger charge is -2.27. The Labute approximate surface area is 113 Å². The Morgan fingerprint density at radius 2 is 1.84 bits per heavy atom. The molecular weight excluding hydrogens is 244 g/mol. The molecule has 3 N–H and O–H groups in total. The number of urea groups is 1. The molecule has 0 heterocycles. The van der Waals surface area contributed by atoms with E-state index in [-0.39, 0.29) is 18.4 Å². The number of hydrogen-bond acceptors (Lipinski definition) is 3. The van der Waals surface area contributed by atoms with Crippen LogP contribution in [0.2, 0.25) is 0 Å². The van der Waals surface area contributed by atoms with Crippen LogP contribution in [-0.2, 0) is 0 Å². The Kier molecular flexibility index (Phi) is 5.06. The molecule has 5 heteroatoms. The fourth-order valence-electron chi connectivity index (χ4n) is 1.46. The number of aliphatic hydroxyl groups excluding tert-OH is 1. The zero-order valence-corrected chi connectivity index (χ0v) is 11.5. The molecule has 1 aromatic carbocycles. The van der Waals surface area contributed by atoms with Crippen LogP contribution in [0.25, 0.3) is 0 Å². The van der Waals surface area contributed by atoms with Gasteiger partial charge in [-0.1, -0.05) is 6.92 Å². The lowest BCUT2D eigenvalue weighted by atomic mass is 10.0. The Balaban J connectivity index is 2.64. The van der Waals surface area contributed by atoms with Crippen molar-refractivity contribution in [3.8, 4) is 0 Å². The van der Waals surface area contributed by atoms with Crippen molar-refractivity contribution in [3.63, 3.8) is 0 Å². The van der Waals surface area contributed by atoms with Crippen LogP contribution < -0.4 is 10.6 Å². The summed E-state index contributed by atoms with van der Waals surface area (Å²) >= 11 is 0. The number of benzene rings is 1. The summed E-state index contributed by atoms with van der Waals surface area (Å²) in [5.74, 6) is -0.0187. The molecule has 19 heavy (non-hydrogen) atoms. The number of carbonyl (C=O) groups is 2. The highest BCUT2D eigenvalue weighted by molar-refractivity contribution is 5.95. The Bertz CT molecular complexity index is 450. The first-order valence-corrected chi connectivity index (χ1v) is 6.21. The third-order valence-electron chi connectivity index (χ3n) is 3.09. The Morgan fingerprint density at radius 1 is 1.26 bits per heavy atom. The third kappa shape index (κ3) is 4.37. The van der Waals surface area contributed by atoms with E-state index in [9.17, 15) is 14.7 Å². The number of nitrogens with one attached hydrogen (secondary N) is 2. The number of aliphatic hydroxyl groups is 1. The average molecular weight is 264 g/mol. The van der Waals surface area contributed by atoms with Crippen LogP contribution in [0.1, 0.15) is 37.6 Å². The summed E-state index contributed by atoms with van der Waals surface area (Å²) in [5.41, 5.74) is 0.558. The molecule has 104 valence electrons. The molecule has 0 radical (unpaired) electrons. The fourth-order valence-corrected chi connectivity index (χ4v) is 1.46. The summed E-state index contributed by atoms with van der Waals surface area (Å²) in [5, 5.41) is 14.6. The van der Waals surface area contributed by atoms with E-state index in [0.717, 1.165) is 0 Å². The molecule has 0 aliphatic rings. The maximum atomic E-state index is 11.8. The first-order valence-electron chi connectivity index (χ1n) is 6.21. The predicted octanol–water partition coefficient (Wildman–Crippen LogP) is 2.17. The van der Waals surface area contributed by atoms with Gasteiger partial charge in [0.1, 0.15) is 0 Å². The lowest BCUT2D eigenvalue weighted by molar-refractivity contribution is 0.101. The second kappa shape index (κ2) is 6.33. The van der Waals surface area contributed by atoms with Gasteiger partial charge in [0.15, 0.2) is 5.78 Å². The summed E-state index contributed by atoms with van der Waals surface area (Å²) in [6, 6.07) is 6.26. The Morgan fingerprint density at radius 3 is 2.26 bits per heavy atom. The number of hydrogen-bond donors (Lipinski definition) is 3. The molecule has 0 spiro atoms. The number of amides is 2. The van der Waals surface area contributed by atoms with E-state index in [1.54, 1.807) is 31.2 Å². The van der Waals surface area contributed by atoms with Crippen molar-refractivity contribution in [2.75, 3.05) is 11.9 Å². The van der Waals surface area contributed by atoms with Crippen molar-refractivity contribution in [1.82, 2.24) is 5.32 Å². The minimum absolute atomic E-state index is 0.0187. The second-order valence-corrected chi connectivity index (χ2v) is 4.78. The highest BCUT2D eigenvalue weighted by Gasteiger charge is 2.23. The van der Waals surface area contributed by atoms with Gasteiger partial charge in [-0.25, -0.2) is 4.79 Å². The van der Waals surface area contributed by atoms with Crippen LogP contribution in [0.3, 0.4) is 0 Å². The highest BCUT2D eigenvalue weighted by Crippen LogP contribution is 2.12. The van der Waals surface area contributed by atoms with Gasteiger partial charge in [-0.05, 0) is 44.5 Å². The zero-order chi connectivity index (χ0) is 14.5. The van der Waals surface area contributed by atoms with Gasteiger partial charge in [0.2, 0.25) is 0 Å². The standard InChI is InChI=1S/C14H20N2O3/c1-4-14(3,9-17)16-13(19)15-12-7-5-11(6-8-12)10(2)18/h5-8,17H,4,9H2,1-3H3,(H2,15,16,19). The molecule has 1 atom stereocenters. The first-order chi connectivity index (χ1) is 8.90. The molecule has 0 aliphatic carbocycles. The van der Waals surface area contributed by atoms with Crippen molar-refractivity contribution in [2.24, 2.45) is 0 Å². The minimum Gasteiger partial charge on any atom is -0.394 e. The van der Waals surface area contributed by atoms with Crippen molar-refractivity contribution in [1.29, 1.82) is 0 Å². The second-order valence-electron chi connectivity index (χ2n) is 4.78. The molecule has 1 aromatic rings. The van der Waals surface area contributed by atoms with Gasteiger partial charge in [-0.3, -0.25) is 4.79 Å². The fraction of sp³-hybridized carbons (Fsp3) is 0.429. The summed E-state index contributed by atoms with van der Waals surface area (Å²) < 4.78 is 0. The van der Waals surface area contributed by atoms with Gasteiger partial charge in [0.25, 0.3) is 0 Å². The van der Waals surface area contributed by atoms with E-state index < -0.39 is 5.54 Å². The van der Waals surface area contributed by atoms with Crippen molar-refractivity contribution in [3.05, 3.63) is 29.8 Å². The number of Topliss-reactive ketones (excluding diaryl/α,β-unsaturated/α-hetero) is 1. The van der Waals surface area contributed by atoms with Gasteiger partial charge in [0.05, 0.1) is 12.1 Å². The number of rotatable bonds is 5. The van der Waals surface area contributed by atoms with Crippen molar-refractivity contribution < 1.29 is 14.7 Å². The van der Waals surface area contributed by atoms with E-state index in [1.807, 2.05) is 6.92 Å². The average Bonchev–Trinajstić information content (AvgIpc) is 2.39. The molecule has 1 unspecified atom stereocenters. The van der Waals surface area contributed by atoms with Gasteiger partial charge < -0.3 is 15.7 Å². The van der Waals surface area contributed by atoms with Crippen molar-refractivity contribution >= 4 is 17.5 Å². The third-order valence-corrected chi connectivity index (χ3v) is 3.09. The summed E-state index contributed by atoms with van der Waals surface area (Å²) in [6.45, 7) is 5.02. The van der Waals surface area contributed by atoms with Crippen LogP contribution in [0.4, 0.5) is 10.5 Å². The predicted molar refractivity (Wildman–Crippen MR) is 74.4 cm³/mol. The first kappa shape index (κ1) is 15.2. The maximum absolute atomic E-state index is 11.8. The molecule has 0 saturated carbocycles. The number of carbonyl (C=O) groups excluding carboxylic acids is 2. The molecule has 0 bridgehead atoms. The van der Waals surface area contributed by atoms with Crippen molar-refractivity contribution in [2.45, 2.75) is 32.7 Å². The normalized spacial score (nSPS) is 13.5. The van der Waals surface area contributed by atoms with Crippen LogP contribution >= 0.6 is 0 Å². The molecule has 0 aromatic heterocycles. The van der Waals surface area contributed by atoms with Crippen LogP contribution in [0.15, 0.2) is 24.3 Å². The topological polar surface area (TPSA) is 78.4 Å². The van der Waals surface area contributed by atoms with Gasteiger partial charge in [-0.2, -0.15) is 0 Å². The summed E-state index contributed by atoms with van der Waals surface area (Å²) in [7, 11) is 0. The van der Waals surface area contributed by atoms with E-state index in [4.69, 9.17) is 0 Å². The van der Waals surface area contributed by atoms with E-state index in [1.165, 1.54) is 6.92 Å². The molecule has 2 amide bonds. The quantitative estimate of drug-likeness (QED) is 0.713. The van der Waals surface area contributed by atoms with Gasteiger partial charge >= 0.3 is 6.03 Å². The van der Waals surface area contributed by atoms with Gasteiger partial charge in [-0.15, -0.1) is 0 Å². The molecular formula is C14H20N2O3. The number of anilines is 1. The van der Waals surface area contributed by atoms with Crippen LogP contribution in [-0.4, -0.2) is 29.1 Å². The summed E-state index contributed by atoms with van der Waals surface area (Å²) in [6.07, 6.45) is 0.625. The number of ketones is 1. The molecule has 5 nitrogen and oxygen atoms in total. The Hall–Kier alpha value is -1.88. The SMILES string of the molecule is CCC(C)(CO)NC(=O)Nc1ccc(C(C)=O)cc1. The van der Waals surface area contributed by atoms with Crippen LogP contribution in [0, 0.1) is 0 Å². The molecule has 0 fully saturated rings. The van der Waals surface area contributed by atoms with Crippen LogP contribution in [0.5, 0.6) is 0 Å². The molecule has 0 saturated heterocycles. The highest BCUT2D eigenvalue weighted by atomic mass is 16.3. The monoisotopic (exact) mass is 264 g/mol. The molecule has 0 aliphatic heterocycles. The maximum Gasteiger partial charge on any atom is 0.319 e. The summed E-state index contributed by atoms with van der Waals surface area (Å²) in [4.78, 5) is 22.9. The smallest absolute Gasteiger partial charge is 0.319 e. The van der Waals surface area contributed by atoms with Gasteiger partial charge in [0, 0.05) is 11.3 Å². The minimum atomic E-state index is -0.636. The lowest BCUT2D eigenvalue weighted by Crippen LogP contribution is -2.50. The van der Waals surface area contributed by atoms with E-state index >= 15 is 0 Å². The largest absolute Gasteiger partial charge is 0.394 e. The van der Waals surface area contributed by atoms with E-state index in [0.29, 0.717) is 17.7 Å². The molecule has 1 rings (SSSR count). The zero-order valence-electron chi connectivity index (χ0n) is 11.5.